The highest BCUT2D eigenvalue weighted by molar-refractivity contribution is 5.94. The summed E-state index contributed by atoms with van der Waals surface area (Å²) in [5.74, 6) is 1.42. The van der Waals surface area contributed by atoms with Crippen molar-refractivity contribution >= 4 is 5.91 Å². The number of nitrogens with one attached hydrogen (secondary N) is 1. The zero-order chi connectivity index (χ0) is 18.0. The maximum atomic E-state index is 12.7. The molecule has 1 aromatic heterocycles. The zero-order valence-corrected chi connectivity index (χ0v) is 15.1. The first-order valence-corrected chi connectivity index (χ1v) is 8.34. The van der Waals surface area contributed by atoms with Crippen LogP contribution in [0.4, 0.5) is 0 Å². The molecule has 132 valence electrons. The Morgan fingerprint density at radius 2 is 2.16 bits per heavy atom. The normalized spacial score (nSPS) is 14.9. The van der Waals surface area contributed by atoms with Crippen molar-refractivity contribution in [1.29, 1.82) is 0 Å². The van der Waals surface area contributed by atoms with E-state index < -0.39 is 0 Å². The van der Waals surface area contributed by atoms with E-state index in [4.69, 9.17) is 4.74 Å². The molecule has 0 bridgehead atoms. The Labute approximate surface area is 148 Å². The van der Waals surface area contributed by atoms with Crippen LogP contribution in [0.25, 0.3) is 0 Å². The Hall–Kier alpha value is -2.60. The van der Waals surface area contributed by atoms with Crippen LogP contribution < -0.4 is 10.1 Å². The number of rotatable bonds is 5. The molecular formula is C19H24N4O2. The highest BCUT2D eigenvalue weighted by Crippen LogP contribution is 2.29. The molecule has 1 aliphatic heterocycles. The summed E-state index contributed by atoms with van der Waals surface area (Å²) in [6.45, 7) is 2.35. The molecule has 1 aromatic carbocycles. The van der Waals surface area contributed by atoms with Gasteiger partial charge in [0.2, 0.25) is 0 Å². The Bertz CT molecular complexity index is 807. The summed E-state index contributed by atoms with van der Waals surface area (Å²) >= 11 is 0. The molecular weight excluding hydrogens is 316 g/mol. The largest absolute Gasteiger partial charge is 0.461 e. The smallest absolute Gasteiger partial charge is 0.251 e. The number of hydrogen-bond acceptors (Lipinski definition) is 4. The molecule has 0 radical (unpaired) electrons. The van der Waals surface area contributed by atoms with Crippen molar-refractivity contribution in [2.75, 3.05) is 20.6 Å². The van der Waals surface area contributed by atoms with Crippen LogP contribution in [0.15, 0.2) is 48.0 Å². The summed E-state index contributed by atoms with van der Waals surface area (Å²) in [5, 5.41) is 7.27. The molecule has 1 atom stereocenters. The minimum Gasteiger partial charge on any atom is -0.461 e. The maximum Gasteiger partial charge on any atom is 0.251 e. The van der Waals surface area contributed by atoms with E-state index >= 15 is 0 Å². The van der Waals surface area contributed by atoms with E-state index in [9.17, 15) is 4.79 Å². The van der Waals surface area contributed by atoms with Gasteiger partial charge in [-0.3, -0.25) is 9.48 Å². The van der Waals surface area contributed by atoms with E-state index in [2.05, 4.69) is 15.3 Å². The third-order valence-corrected chi connectivity index (χ3v) is 4.49. The summed E-state index contributed by atoms with van der Waals surface area (Å²) in [4.78, 5) is 14.8. The van der Waals surface area contributed by atoms with Gasteiger partial charge in [-0.1, -0.05) is 18.2 Å². The molecule has 1 amide bonds. The van der Waals surface area contributed by atoms with Crippen LogP contribution in [0.2, 0.25) is 0 Å². The van der Waals surface area contributed by atoms with Crippen molar-refractivity contribution in [3.8, 4) is 5.75 Å². The van der Waals surface area contributed by atoms with Gasteiger partial charge in [-0.05, 0) is 32.6 Å². The molecule has 2 heterocycles. The van der Waals surface area contributed by atoms with Crippen LogP contribution in [0.3, 0.4) is 0 Å². The first-order chi connectivity index (χ1) is 12.0. The number of aryl methyl sites for hydroxylation is 1. The molecule has 6 heteroatoms. The summed E-state index contributed by atoms with van der Waals surface area (Å²) in [7, 11) is 5.88. The van der Waals surface area contributed by atoms with Gasteiger partial charge in [-0.15, -0.1) is 0 Å². The van der Waals surface area contributed by atoms with Gasteiger partial charge in [-0.2, -0.15) is 5.10 Å². The number of fused-ring (bicyclic) bond motifs is 1. The standard InChI is InChI=1S/C19H24N4O2/c1-13-16(9-14-7-5-6-8-18(14)25-13)19(24)20-11-17(22(2)3)15-10-21-23(4)12-15/h5-8,10,12,17H,9,11H2,1-4H3,(H,20,24)/t17-/m1/s1. The van der Waals surface area contributed by atoms with Gasteiger partial charge in [0.25, 0.3) is 5.91 Å². The van der Waals surface area contributed by atoms with E-state index in [1.807, 2.05) is 64.7 Å². The van der Waals surface area contributed by atoms with Gasteiger partial charge in [0.15, 0.2) is 0 Å². The fourth-order valence-corrected chi connectivity index (χ4v) is 3.04. The van der Waals surface area contributed by atoms with E-state index in [1.54, 1.807) is 4.68 Å². The second-order valence-electron chi connectivity index (χ2n) is 6.56. The predicted molar refractivity (Wildman–Crippen MR) is 96.1 cm³/mol. The van der Waals surface area contributed by atoms with Gasteiger partial charge in [0, 0.05) is 31.8 Å². The number of hydrogen-bond donors (Lipinski definition) is 1. The van der Waals surface area contributed by atoms with E-state index in [0.29, 0.717) is 24.3 Å². The zero-order valence-electron chi connectivity index (χ0n) is 15.1. The molecule has 2 aromatic rings. The molecule has 0 aliphatic carbocycles. The SMILES string of the molecule is CC1=C(C(=O)NC[C@H](c2cnn(C)c2)N(C)C)Cc2ccccc2O1. The predicted octanol–water partition coefficient (Wildman–Crippen LogP) is 2.05. The molecule has 1 aliphatic rings. The van der Waals surface area contributed by atoms with E-state index in [0.717, 1.165) is 16.9 Å². The topological polar surface area (TPSA) is 59.4 Å². The molecule has 0 fully saturated rings. The van der Waals surface area contributed by atoms with Crippen molar-refractivity contribution in [3.63, 3.8) is 0 Å². The highest BCUT2D eigenvalue weighted by atomic mass is 16.5. The molecule has 0 saturated carbocycles. The van der Waals surface area contributed by atoms with Crippen LogP contribution in [0.5, 0.6) is 5.75 Å². The van der Waals surface area contributed by atoms with Crippen LogP contribution in [0, 0.1) is 0 Å². The van der Waals surface area contributed by atoms with Crippen molar-refractivity contribution < 1.29 is 9.53 Å². The van der Waals surface area contributed by atoms with Crippen LogP contribution >= 0.6 is 0 Å². The summed E-state index contributed by atoms with van der Waals surface area (Å²) in [5.41, 5.74) is 2.79. The Balaban J connectivity index is 1.69. The number of para-hydroxylation sites is 1. The number of ether oxygens (including phenoxy) is 1. The number of allylic oxidation sites excluding steroid dienone is 1. The quantitative estimate of drug-likeness (QED) is 0.905. The van der Waals surface area contributed by atoms with Crippen molar-refractivity contribution in [2.24, 2.45) is 7.05 Å². The molecule has 25 heavy (non-hydrogen) atoms. The van der Waals surface area contributed by atoms with Gasteiger partial charge in [0.05, 0.1) is 17.8 Å². The second kappa shape index (κ2) is 7.11. The number of nitrogens with zero attached hydrogens (tertiary/aromatic N) is 3. The summed E-state index contributed by atoms with van der Waals surface area (Å²) in [6.07, 6.45) is 4.40. The lowest BCUT2D eigenvalue weighted by molar-refractivity contribution is -0.118. The van der Waals surface area contributed by atoms with Crippen molar-refractivity contribution in [2.45, 2.75) is 19.4 Å². The number of carbonyl (C=O) groups excluding carboxylic acids is 1. The van der Waals surface area contributed by atoms with Crippen molar-refractivity contribution in [3.05, 3.63) is 59.1 Å². The fraction of sp³-hybridized carbons (Fsp3) is 0.368. The monoisotopic (exact) mass is 340 g/mol. The van der Waals surface area contributed by atoms with Crippen LogP contribution in [-0.2, 0) is 18.3 Å². The van der Waals surface area contributed by atoms with E-state index in [1.165, 1.54) is 0 Å². The maximum absolute atomic E-state index is 12.7. The number of carbonyl (C=O) groups is 1. The lowest BCUT2D eigenvalue weighted by Gasteiger charge is -2.25. The molecule has 0 spiro atoms. The Morgan fingerprint density at radius 1 is 1.40 bits per heavy atom. The van der Waals surface area contributed by atoms with Gasteiger partial charge < -0.3 is 15.0 Å². The number of amides is 1. The number of likely N-dealkylation sites (N-methyl/N-ethyl adjacent to an activating group) is 1. The first-order valence-electron chi connectivity index (χ1n) is 8.34. The molecule has 3 rings (SSSR count). The van der Waals surface area contributed by atoms with Gasteiger partial charge in [0.1, 0.15) is 11.5 Å². The number of aromatic nitrogens is 2. The highest BCUT2D eigenvalue weighted by Gasteiger charge is 2.23. The lowest BCUT2D eigenvalue weighted by Crippen LogP contribution is -2.36. The first kappa shape index (κ1) is 17.2. The molecule has 1 N–H and O–H groups in total. The van der Waals surface area contributed by atoms with E-state index in [-0.39, 0.29) is 11.9 Å². The fourth-order valence-electron chi connectivity index (χ4n) is 3.04. The third kappa shape index (κ3) is 3.74. The second-order valence-corrected chi connectivity index (χ2v) is 6.56. The lowest BCUT2D eigenvalue weighted by atomic mass is 10.00. The van der Waals surface area contributed by atoms with Crippen LogP contribution in [0.1, 0.15) is 24.1 Å². The molecule has 0 unspecified atom stereocenters. The Kier molecular flexibility index (Phi) is 4.90. The summed E-state index contributed by atoms with van der Waals surface area (Å²) in [6, 6.07) is 7.89. The van der Waals surface area contributed by atoms with Gasteiger partial charge >= 0.3 is 0 Å². The Morgan fingerprint density at radius 3 is 2.84 bits per heavy atom. The molecule has 6 nitrogen and oxygen atoms in total. The average molecular weight is 340 g/mol. The summed E-state index contributed by atoms with van der Waals surface area (Å²) < 4.78 is 7.57. The van der Waals surface area contributed by atoms with Gasteiger partial charge in [-0.25, -0.2) is 0 Å². The average Bonchev–Trinajstić information content (AvgIpc) is 3.00. The minimum absolute atomic E-state index is 0.0651. The van der Waals surface area contributed by atoms with Crippen molar-refractivity contribution in [1.82, 2.24) is 20.0 Å². The third-order valence-electron chi connectivity index (χ3n) is 4.49. The number of benzene rings is 1. The van der Waals surface area contributed by atoms with Crippen LogP contribution in [-0.4, -0.2) is 41.2 Å². The molecule has 0 saturated heterocycles. The minimum atomic E-state index is -0.0808.